The van der Waals surface area contributed by atoms with Gasteiger partial charge < -0.3 is 20.9 Å². The van der Waals surface area contributed by atoms with E-state index in [1.807, 2.05) is 27.8 Å². The van der Waals surface area contributed by atoms with E-state index in [9.17, 15) is 4.79 Å². The Bertz CT molecular complexity index is 640. The fourth-order valence-corrected chi connectivity index (χ4v) is 2.59. The molecule has 0 atom stereocenters. The molecule has 0 bridgehead atoms. The number of thiazole rings is 1. The highest BCUT2D eigenvalue weighted by atomic mass is 32.1. The standard InChI is InChI=1S/C12H19N7OS/c1-12(2,3)17-11-16-9(13)8(21-11)10(20)14-5-7-18-15-6-19(7)4/h6H,5,13H2,1-4H3,(H,14,20)(H,16,17). The SMILES string of the molecule is Cn1cnnc1CNC(=O)c1sc(NC(C)(C)C)nc1N. The summed E-state index contributed by atoms with van der Waals surface area (Å²) in [6.45, 7) is 6.32. The zero-order valence-electron chi connectivity index (χ0n) is 12.5. The van der Waals surface area contributed by atoms with Gasteiger partial charge >= 0.3 is 0 Å². The molecule has 0 spiro atoms. The molecule has 4 N–H and O–H groups in total. The second kappa shape index (κ2) is 5.68. The van der Waals surface area contributed by atoms with Crippen molar-refractivity contribution in [2.75, 3.05) is 11.1 Å². The van der Waals surface area contributed by atoms with Gasteiger partial charge in [-0.3, -0.25) is 4.79 Å². The van der Waals surface area contributed by atoms with Crippen LogP contribution in [0.2, 0.25) is 0 Å². The van der Waals surface area contributed by atoms with Gasteiger partial charge in [0.05, 0.1) is 6.54 Å². The van der Waals surface area contributed by atoms with Crippen LogP contribution < -0.4 is 16.4 Å². The minimum Gasteiger partial charge on any atom is -0.382 e. The number of anilines is 2. The number of carbonyl (C=O) groups is 1. The lowest BCUT2D eigenvalue weighted by atomic mass is 10.1. The molecular formula is C12H19N7OS. The Hall–Kier alpha value is -2.16. The maximum atomic E-state index is 12.1. The number of nitrogens with two attached hydrogens (primary N) is 1. The normalized spacial score (nSPS) is 11.4. The number of aromatic nitrogens is 4. The summed E-state index contributed by atoms with van der Waals surface area (Å²) in [6.07, 6.45) is 1.58. The van der Waals surface area contributed by atoms with Gasteiger partial charge in [-0.15, -0.1) is 10.2 Å². The van der Waals surface area contributed by atoms with E-state index in [4.69, 9.17) is 5.73 Å². The average molecular weight is 309 g/mol. The van der Waals surface area contributed by atoms with Gasteiger partial charge in [0.15, 0.2) is 11.0 Å². The molecule has 8 nitrogen and oxygen atoms in total. The van der Waals surface area contributed by atoms with Crippen LogP contribution >= 0.6 is 11.3 Å². The van der Waals surface area contributed by atoms with E-state index in [0.29, 0.717) is 15.8 Å². The van der Waals surface area contributed by atoms with Gasteiger partial charge in [-0.1, -0.05) is 11.3 Å². The van der Waals surface area contributed by atoms with Gasteiger partial charge in [0.1, 0.15) is 17.0 Å². The van der Waals surface area contributed by atoms with Crippen LogP contribution in [-0.4, -0.2) is 31.2 Å². The summed E-state index contributed by atoms with van der Waals surface area (Å²) in [5.74, 6) is 0.622. The summed E-state index contributed by atoms with van der Waals surface area (Å²) in [5.41, 5.74) is 5.66. The lowest BCUT2D eigenvalue weighted by Gasteiger charge is -2.19. The van der Waals surface area contributed by atoms with Crippen LogP contribution in [0.5, 0.6) is 0 Å². The van der Waals surface area contributed by atoms with Gasteiger partial charge in [0.25, 0.3) is 5.91 Å². The minimum atomic E-state index is -0.269. The molecule has 0 fully saturated rings. The molecule has 0 aliphatic carbocycles. The van der Waals surface area contributed by atoms with E-state index in [-0.39, 0.29) is 23.8 Å². The average Bonchev–Trinajstić information content (AvgIpc) is 2.91. The predicted octanol–water partition coefficient (Wildman–Crippen LogP) is 0.994. The number of hydrogen-bond donors (Lipinski definition) is 3. The first-order chi connectivity index (χ1) is 9.76. The first kappa shape index (κ1) is 15.2. The number of aryl methyl sites for hydroxylation is 1. The van der Waals surface area contributed by atoms with Gasteiger partial charge in [-0.2, -0.15) is 0 Å². The van der Waals surface area contributed by atoms with Crippen molar-refractivity contribution in [3.05, 3.63) is 17.0 Å². The Balaban J connectivity index is 2.04. The van der Waals surface area contributed by atoms with Gasteiger partial charge in [-0.25, -0.2) is 4.98 Å². The Kier molecular flexibility index (Phi) is 4.12. The molecule has 0 aliphatic rings. The molecule has 0 saturated heterocycles. The highest BCUT2D eigenvalue weighted by molar-refractivity contribution is 7.18. The highest BCUT2D eigenvalue weighted by Gasteiger charge is 2.19. The number of amides is 1. The molecule has 9 heteroatoms. The maximum absolute atomic E-state index is 12.1. The third kappa shape index (κ3) is 3.91. The second-order valence-corrected chi connectivity index (χ2v) is 6.65. The Morgan fingerprint density at radius 3 is 2.76 bits per heavy atom. The van der Waals surface area contributed by atoms with Crippen molar-refractivity contribution in [1.82, 2.24) is 25.1 Å². The third-order valence-electron chi connectivity index (χ3n) is 2.55. The van der Waals surface area contributed by atoms with Crippen molar-refractivity contribution in [3.8, 4) is 0 Å². The smallest absolute Gasteiger partial charge is 0.265 e. The van der Waals surface area contributed by atoms with Crippen molar-refractivity contribution >= 4 is 28.2 Å². The number of rotatable bonds is 4. The number of nitrogen functional groups attached to an aromatic ring is 1. The summed E-state index contributed by atoms with van der Waals surface area (Å²) >= 11 is 1.23. The van der Waals surface area contributed by atoms with Crippen molar-refractivity contribution in [2.24, 2.45) is 7.05 Å². The van der Waals surface area contributed by atoms with Crippen LogP contribution in [0.1, 0.15) is 36.3 Å². The summed E-state index contributed by atoms with van der Waals surface area (Å²) < 4.78 is 1.74. The molecule has 0 aromatic carbocycles. The molecule has 0 unspecified atom stereocenters. The minimum absolute atomic E-state index is 0.142. The fourth-order valence-electron chi connectivity index (χ4n) is 1.58. The molecule has 21 heavy (non-hydrogen) atoms. The van der Waals surface area contributed by atoms with Crippen LogP contribution in [0.25, 0.3) is 0 Å². The molecule has 2 rings (SSSR count). The van der Waals surface area contributed by atoms with Crippen molar-refractivity contribution < 1.29 is 4.79 Å². The van der Waals surface area contributed by atoms with Crippen LogP contribution in [0.4, 0.5) is 10.9 Å². The zero-order chi connectivity index (χ0) is 15.6. The zero-order valence-corrected chi connectivity index (χ0v) is 13.3. The molecule has 2 heterocycles. The van der Waals surface area contributed by atoms with Crippen molar-refractivity contribution in [2.45, 2.75) is 32.9 Å². The Morgan fingerprint density at radius 1 is 1.48 bits per heavy atom. The lowest BCUT2D eigenvalue weighted by Crippen LogP contribution is -2.25. The third-order valence-corrected chi connectivity index (χ3v) is 3.54. The number of nitrogens with zero attached hydrogens (tertiary/aromatic N) is 4. The predicted molar refractivity (Wildman–Crippen MR) is 82.1 cm³/mol. The molecule has 0 radical (unpaired) electrons. The maximum Gasteiger partial charge on any atom is 0.265 e. The summed E-state index contributed by atoms with van der Waals surface area (Å²) in [5, 5.41) is 14.2. The first-order valence-electron chi connectivity index (χ1n) is 6.42. The van der Waals surface area contributed by atoms with Crippen molar-refractivity contribution in [3.63, 3.8) is 0 Å². The fraction of sp³-hybridized carbons (Fsp3) is 0.500. The van der Waals surface area contributed by atoms with Gasteiger partial charge in [0.2, 0.25) is 0 Å². The van der Waals surface area contributed by atoms with E-state index in [0.717, 1.165) is 0 Å². The molecule has 114 valence electrons. The second-order valence-electron chi connectivity index (χ2n) is 5.65. The topological polar surface area (TPSA) is 111 Å². The van der Waals surface area contributed by atoms with Crippen LogP contribution in [0.3, 0.4) is 0 Å². The molecule has 1 amide bonds. The van der Waals surface area contributed by atoms with E-state index in [1.165, 1.54) is 11.3 Å². The summed E-state index contributed by atoms with van der Waals surface area (Å²) in [4.78, 5) is 16.7. The Morgan fingerprint density at radius 2 is 2.19 bits per heavy atom. The Labute approximate surface area is 126 Å². The van der Waals surface area contributed by atoms with E-state index >= 15 is 0 Å². The molecule has 2 aromatic heterocycles. The summed E-state index contributed by atoms with van der Waals surface area (Å²) in [6, 6.07) is 0. The molecule has 0 saturated carbocycles. The first-order valence-corrected chi connectivity index (χ1v) is 7.23. The summed E-state index contributed by atoms with van der Waals surface area (Å²) in [7, 11) is 1.81. The van der Waals surface area contributed by atoms with E-state index in [2.05, 4.69) is 25.8 Å². The van der Waals surface area contributed by atoms with Crippen LogP contribution in [-0.2, 0) is 13.6 Å². The van der Waals surface area contributed by atoms with Gasteiger partial charge in [-0.05, 0) is 20.8 Å². The highest BCUT2D eigenvalue weighted by Crippen LogP contribution is 2.27. The largest absolute Gasteiger partial charge is 0.382 e. The van der Waals surface area contributed by atoms with Crippen LogP contribution in [0.15, 0.2) is 6.33 Å². The molecule has 0 aliphatic heterocycles. The number of hydrogen-bond acceptors (Lipinski definition) is 7. The van der Waals surface area contributed by atoms with E-state index < -0.39 is 0 Å². The van der Waals surface area contributed by atoms with Crippen LogP contribution in [0, 0.1) is 0 Å². The lowest BCUT2D eigenvalue weighted by molar-refractivity contribution is 0.0954. The van der Waals surface area contributed by atoms with Crippen molar-refractivity contribution in [1.29, 1.82) is 0 Å². The number of carbonyl (C=O) groups excluding carboxylic acids is 1. The van der Waals surface area contributed by atoms with E-state index in [1.54, 1.807) is 10.9 Å². The van der Waals surface area contributed by atoms with Gasteiger partial charge in [0, 0.05) is 12.6 Å². The quantitative estimate of drug-likeness (QED) is 0.777. The molecule has 2 aromatic rings. The molecular weight excluding hydrogens is 290 g/mol. The monoisotopic (exact) mass is 309 g/mol. The number of nitrogens with one attached hydrogen (secondary N) is 2.